The summed E-state index contributed by atoms with van der Waals surface area (Å²) in [6.45, 7) is 0. The molecule has 18 heavy (non-hydrogen) atoms. The van der Waals surface area contributed by atoms with E-state index in [0.717, 1.165) is 30.2 Å². The minimum absolute atomic E-state index is 0.411. The zero-order valence-corrected chi connectivity index (χ0v) is 11.4. The van der Waals surface area contributed by atoms with Crippen LogP contribution in [0.4, 0.5) is 0 Å². The molecule has 5 nitrogen and oxygen atoms in total. The average Bonchev–Trinajstić information content (AvgIpc) is 2.99. The van der Waals surface area contributed by atoms with Gasteiger partial charge in [-0.25, -0.2) is 4.98 Å². The molecule has 0 spiro atoms. The molecule has 2 N–H and O–H groups in total. The van der Waals surface area contributed by atoms with E-state index in [1.165, 1.54) is 0 Å². The molecule has 0 atom stereocenters. The first kappa shape index (κ1) is 11.8. The third kappa shape index (κ3) is 1.95. The van der Waals surface area contributed by atoms with E-state index in [1.807, 2.05) is 12.1 Å². The van der Waals surface area contributed by atoms with Gasteiger partial charge in [-0.05, 0) is 40.9 Å². The van der Waals surface area contributed by atoms with Crippen molar-refractivity contribution < 1.29 is 4.52 Å². The van der Waals surface area contributed by atoms with E-state index in [0.29, 0.717) is 17.4 Å². The molecule has 2 aromatic heterocycles. The van der Waals surface area contributed by atoms with Gasteiger partial charge in [-0.2, -0.15) is 4.98 Å². The molecular weight excluding hydrogens is 296 g/mol. The Morgan fingerprint density at radius 3 is 2.83 bits per heavy atom. The Labute approximate surface area is 113 Å². The standard InChI is InChI=1S/C12H13BrN4O/c13-8-4-3-7-15-9(8)10-16-11(17-18-10)12(14)5-1-2-6-12/h3-4,7H,1-2,5-6,14H2. The maximum absolute atomic E-state index is 6.29. The highest BCUT2D eigenvalue weighted by Gasteiger charge is 2.36. The summed E-state index contributed by atoms with van der Waals surface area (Å²) in [6, 6.07) is 3.73. The number of nitrogens with zero attached hydrogens (tertiary/aromatic N) is 3. The third-order valence-corrected chi connectivity index (χ3v) is 3.97. The lowest BCUT2D eigenvalue weighted by atomic mass is 9.99. The summed E-state index contributed by atoms with van der Waals surface area (Å²) in [6.07, 6.45) is 5.75. The number of aromatic nitrogens is 3. The van der Waals surface area contributed by atoms with Gasteiger partial charge in [0.05, 0.1) is 5.54 Å². The third-order valence-electron chi connectivity index (χ3n) is 3.33. The zero-order valence-electron chi connectivity index (χ0n) is 9.77. The van der Waals surface area contributed by atoms with Gasteiger partial charge in [0.1, 0.15) is 5.69 Å². The lowest BCUT2D eigenvalue weighted by Crippen LogP contribution is -2.34. The molecule has 0 bridgehead atoms. The maximum atomic E-state index is 6.29. The fourth-order valence-electron chi connectivity index (χ4n) is 2.29. The predicted octanol–water partition coefficient (Wildman–Crippen LogP) is 2.62. The zero-order chi connectivity index (χ0) is 12.6. The number of rotatable bonds is 2. The quantitative estimate of drug-likeness (QED) is 0.922. The molecule has 2 heterocycles. The van der Waals surface area contributed by atoms with Gasteiger partial charge in [0, 0.05) is 10.7 Å². The van der Waals surface area contributed by atoms with Crippen molar-refractivity contribution in [3.8, 4) is 11.6 Å². The van der Waals surface area contributed by atoms with E-state index < -0.39 is 5.54 Å². The van der Waals surface area contributed by atoms with Gasteiger partial charge in [0.15, 0.2) is 5.82 Å². The lowest BCUT2D eigenvalue weighted by Gasteiger charge is -2.17. The van der Waals surface area contributed by atoms with Crippen LogP contribution in [-0.2, 0) is 5.54 Å². The van der Waals surface area contributed by atoms with Crippen LogP contribution in [0.2, 0.25) is 0 Å². The summed E-state index contributed by atoms with van der Waals surface area (Å²) in [7, 11) is 0. The number of nitrogens with two attached hydrogens (primary N) is 1. The van der Waals surface area contributed by atoms with Crippen molar-refractivity contribution in [2.45, 2.75) is 31.2 Å². The van der Waals surface area contributed by atoms with Crippen molar-refractivity contribution >= 4 is 15.9 Å². The molecule has 3 rings (SSSR count). The molecule has 0 aromatic carbocycles. The van der Waals surface area contributed by atoms with E-state index in [4.69, 9.17) is 10.3 Å². The Morgan fingerprint density at radius 1 is 1.33 bits per heavy atom. The van der Waals surface area contributed by atoms with Crippen LogP contribution in [-0.4, -0.2) is 15.1 Å². The van der Waals surface area contributed by atoms with E-state index >= 15 is 0 Å². The summed E-state index contributed by atoms with van der Waals surface area (Å²) < 4.78 is 6.11. The molecule has 0 unspecified atom stereocenters. The minimum atomic E-state index is -0.428. The van der Waals surface area contributed by atoms with Gasteiger partial charge >= 0.3 is 0 Å². The number of hydrogen-bond acceptors (Lipinski definition) is 5. The molecule has 0 radical (unpaired) electrons. The second-order valence-corrected chi connectivity index (χ2v) is 5.47. The Kier molecular flexibility index (Phi) is 2.91. The predicted molar refractivity (Wildman–Crippen MR) is 69.6 cm³/mol. The Morgan fingerprint density at radius 2 is 2.11 bits per heavy atom. The van der Waals surface area contributed by atoms with Crippen LogP contribution in [0.15, 0.2) is 27.3 Å². The Balaban J connectivity index is 1.97. The SMILES string of the molecule is NC1(c2noc(-c3ncccc3Br)n2)CCCC1. The minimum Gasteiger partial charge on any atom is -0.332 e. The summed E-state index contributed by atoms with van der Waals surface area (Å²) >= 11 is 3.42. The second-order valence-electron chi connectivity index (χ2n) is 4.62. The Bertz CT molecular complexity index is 563. The number of hydrogen-bond donors (Lipinski definition) is 1. The molecule has 1 aliphatic carbocycles. The van der Waals surface area contributed by atoms with Crippen LogP contribution < -0.4 is 5.73 Å². The van der Waals surface area contributed by atoms with Crippen molar-refractivity contribution in [1.29, 1.82) is 0 Å². The average molecular weight is 309 g/mol. The van der Waals surface area contributed by atoms with E-state index in [-0.39, 0.29) is 0 Å². The fraction of sp³-hybridized carbons (Fsp3) is 0.417. The number of pyridine rings is 1. The van der Waals surface area contributed by atoms with E-state index in [1.54, 1.807) is 6.20 Å². The van der Waals surface area contributed by atoms with Crippen molar-refractivity contribution in [3.63, 3.8) is 0 Å². The first-order chi connectivity index (χ1) is 8.69. The summed E-state index contributed by atoms with van der Waals surface area (Å²) in [5.41, 5.74) is 6.52. The molecule has 0 amide bonds. The van der Waals surface area contributed by atoms with Gasteiger partial charge in [0.25, 0.3) is 5.89 Å². The van der Waals surface area contributed by atoms with Gasteiger partial charge in [0.2, 0.25) is 0 Å². The van der Waals surface area contributed by atoms with Crippen LogP contribution in [0, 0.1) is 0 Å². The van der Waals surface area contributed by atoms with Crippen LogP contribution >= 0.6 is 15.9 Å². The maximum Gasteiger partial charge on any atom is 0.277 e. The molecule has 1 aliphatic rings. The first-order valence-corrected chi connectivity index (χ1v) is 6.72. The highest BCUT2D eigenvalue weighted by atomic mass is 79.9. The number of halogens is 1. The van der Waals surface area contributed by atoms with Gasteiger partial charge in [-0.3, -0.25) is 0 Å². The monoisotopic (exact) mass is 308 g/mol. The van der Waals surface area contributed by atoms with E-state index in [2.05, 4.69) is 31.1 Å². The summed E-state index contributed by atoms with van der Waals surface area (Å²) in [4.78, 5) is 8.63. The largest absolute Gasteiger partial charge is 0.332 e. The molecule has 0 aliphatic heterocycles. The lowest BCUT2D eigenvalue weighted by molar-refractivity contribution is 0.372. The molecular formula is C12H13BrN4O. The van der Waals surface area contributed by atoms with Crippen molar-refractivity contribution in [1.82, 2.24) is 15.1 Å². The fourth-order valence-corrected chi connectivity index (χ4v) is 2.72. The molecule has 2 aromatic rings. The smallest absolute Gasteiger partial charge is 0.277 e. The van der Waals surface area contributed by atoms with Crippen molar-refractivity contribution in [2.75, 3.05) is 0 Å². The van der Waals surface area contributed by atoms with Crippen molar-refractivity contribution in [2.24, 2.45) is 5.73 Å². The topological polar surface area (TPSA) is 77.8 Å². The van der Waals surface area contributed by atoms with Crippen LogP contribution in [0.1, 0.15) is 31.5 Å². The van der Waals surface area contributed by atoms with Crippen LogP contribution in [0.25, 0.3) is 11.6 Å². The first-order valence-electron chi connectivity index (χ1n) is 5.93. The van der Waals surface area contributed by atoms with Crippen molar-refractivity contribution in [3.05, 3.63) is 28.6 Å². The Hall–Kier alpha value is -1.27. The highest BCUT2D eigenvalue weighted by Crippen LogP contribution is 2.35. The van der Waals surface area contributed by atoms with Crippen LogP contribution in [0.5, 0.6) is 0 Å². The van der Waals surface area contributed by atoms with Gasteiger partial charge in [-0.15, -0.1) is 0 Å². The highest BCUT2D eigenvalue weighted by molar-refractivity contribution is 9.10. The molecule has 6 heteroatoms. The summed E-state index contributed by atoms with van der Waals surface area (Å²) in [5, 5.41) is 4.02. The van der Waals surface area contributed by atoms with Gasteiger partial charge in [-0.1, -0.05) is 18.0 Å². The molecule has 1 saturated carbocycles. The normalized spacial score (nSPS) is 18.1. The summed E-state index contributed by atoms with van der Waals surface area (Å²) in [5.74, 6) is 1.00. The molecule has 0 saturated heterocycles. The van der Waals surface area contributed by atoms with Gasteiger partial charge < -0.3 is 10.3 Å². The second kappa shape index (κ2) is 4.44. The van der Waals surface area contributed by atoms with E-state index in [9.17, 15) is 0 Å². The molecule has 94 valence electrons. The molecule has 1 fully saturated rings. The van der Waals surface area contributed by atoms with Crippen LogP contribution in [0.3, 0.4) is 0 Å².